The maximum atomic E-state index is 2.32. The second-order valence-electron chi connectivity index (χ2n) is 7.29. The van der Waals surface area contributed by atoms with Gasteiger partial charge in [0.1, 0.15) is 14.1 Å². The normalized spacial score (nSPS) is 11.0. The van der Waals surface area contributed by atoms with Crippen molar-refractivity contribution in [3.8, 4) is 22.5 Å². The Morgan fingerprint density at radius 3 is 1.92 bits per heavy atom. The van der Waals surface area contributed by atoms with Crippen LogP contribution in [-0.4, -0.2) is 0 Å². The summed E-state index contributed by atoms with van der Waals surface area (Å²) in [6.45, 7) is 11.0. The molecule has 3 rings (SSSR count). The summed E-state index contributed by atoms with van der Waals surface area (Å²) in [5.41, 5.74) is 11.8. The van der Waals surface area contributed by atoms with E-state index in [1.165, 1.54) is 50.3 Å². The van der Waals surface area contributed by atoms with Crippen LogP contribution in [0.4, 0.5) is 0 Å². The highest BCUT2D eigenvalue weighted by Crippen LogP contribution is 2.34. The molecule has 0 aliphatic carbocycles. The third kappa shape index (κ3) is 3.09. The van der Waals surface area contributed by atoms with Crippen molar-refractivity contribution in [2.45, 2.75) is 34.6 Å². The van der Waals surface area contributed by atoms with Gasteiger partial charge in [0, 0.05) is 23.8 Å². The van der Waals surface area contributed by atoms with Crippen LogP contribution in [0.3, 0.4) is 0 Å². The van der Waals surface area contributed by atoms with E-state index in [2.05, 4.69) is 101 Å². The Morgan fingerprint density at radius 1 is 0.640 bits per heavy atom. The van der Waals surface area contributed by atoms with Gasteiger partial charge >= 0.3 is 0 Å². The summed E-state index contributed by atoms with van der Waals surface area (Å²) in [6.07, 6.45) is 4.34. The highest BCUT2D eigenvalue weighted by molar-refractivity contribution is 5.78. The van der Waals surface area contributed by atoms with Gasteiger partial charge in [0.25, 0.3) is 0 Å². The average molecular weight is 332 g/mol. The van der Waals surface area contributed by atoms with Crippen molar-refractivity contribution >= 4 is 0 Å². The van der Waals surface area contributed by atoms with E-state index >= 15 is 0 Å². The molecule has 0 aliphatic heterocycles. The molecule has 0 spiro atoms. The number of hydrogen-bond acceptors (Lipinski definition) is 0. The molecule has 25 heavy (non-hydrogen) atoms. The standard InChI is InChI=1S/C23H28N2/c1-15-10-11-24(6)21(12-15)23-18(4)13-17(3)22(19(23)5)20-9-8-16(2)14-25(20)7/h8-14H,1-7H3/q+2. The Labute approximate surface area is 151 Å². The largest absolute Gasteiger partial charge is 0.213 e. The highest BCUT2D eigenvalue weighted by Gasteiger charge is 2.23. The molecule has 0 bridgehead atoms. The van der Waals surface area contributed by atoms with Gasteiger partial charge in [-0.25, -0.2) is 9.13 Å². The molecular formula is C23H28N2+2. The van der Waals surface area contributed by atoms with Crippen LogP contribution in [0.1, 0.15) is 27.8 Å². The third-order valence-corrected chi connectivity index (χ3v) is 5.07. The highest BCUT2D eigenvalue weighted by atomic mass is 14.9. The first kappa shape index (κ1) is 17.3. The van der Waals surface area contributed by atoms with E-state index in [1.54, 1.807) is 0 Å². The molecule has 0 saturated heterocycles. The summed E-state index contributed by atoms with van der Waals surface area (Å²) in [4.78, 5) is 0. The van der Waals surface area contributed by atoms with Gasteiger partial charge in [-0.05, 0) is 62.9 Å². The predicted molar refractivity (Wildman–Crippen MR) is 103 cm³/mol. The minimum absolute atomic E-state index is 1.26. The Bertz CT molecular complexity index is 968. The lowest BCUT2D eigenvalue weighted by Crippen LogP contribution is -2.32. The monoisotopic (exact) mass is 332 g/mol. The molecule has 128 valence electrons. The van der Waals surface area contributed by atoms with Gasteiger partial charge in [0.15, 0.2) is 12.4 Å². The summed E-state index contributed by atoms with van der Waals surface area (Å²) >= 11 is 0. The van der Waals surface area contributed by atoms with E-state index in [1.807, 2.05) is 0 Å². The van der Waals surface area contributed by atoms with Gasteiger partial charge in [-0.3, -0.25) is 0 Å². The fourth-order valence-corrected chi connectivity index (χ4v) is 3.90. The van der Waals surface area contributed by atoms with Crippen LogP contribution in [0.5, 0.6) is 0 Å². The molecule has 0 N–H and O–H groups in total. The first-order chi connectivity index (χ1) is 11.8. The van der Waals surface area contributed by atoms with Crippen molar-refractivity contribution in [1.29, 1.82) is 0 Å². The van der Waals surface area contributed by atoms with Gasteiger partial charge in [-0.1, -0.05) is 6.07 Å². The molecule has 0 amide bonds. The van der Waals surface area contributed by atoms with Gasteiger partial charge in [0.05, 0.1) is 11.1 Å². The van der Waals surface area contributed by atoms with E-state index in [0.29, 0.717) is 0 Å². The molecule has 0 unspecified atom stereocenters. The molecule has 2 aromatic heterocycles. The fraction of sp³-hybridized carbons (Fsp3) is 0.304. The van der Waals surface area contributed by atoms with Crippen molar-refractivity contribution in [2.75, 3.05) is 0 Å². The van der Waals surface area contributed by atoms with E-state index in [9.17, 15) is 0 Å². The van der Waals surface area contributed by atoms with E-state index < -0.39 is 0 Å². The third-order valence-electron chi connectivity index (χ3n) is 5.07. The smallest absolute Gasteiger partial charge is 0.201 e. The zero-order valence-corrected chi connectivity index (χ0v) is 16.4. The van der Waals surface area contributed by atoms with Crippen LogP contribution in [0.25, 0.3) is 22.5 Å². The van der Waals surface area contributed by atoms with Crippen LogP contribution in [0.15, 0.2) is 42.7 Å². The van der Waals surface area contributed by atoms with Gasteiger partial charge < -0.3 is 0 Å². The fourth-order valence-electron chi connectivity index (χ4n) is 3.90. The van der Waals surface area contributed by atoms with Crippen LogP contribution in [0.2, 0.25) is 0 Å². The lowest BCUT2D eigenvalue weighted by molar-refractivity contribution is -0.660. The number of aromatic nitrogens is 2. The number of hydrogen-bond donors (Lipinski definition) is 0. The molecule has 0 saturated carbocycles. The van der Waals surface area contributed by atoms with Crippen molar-refractivity contribution in [1.82, 2.24) is 0 Å². The zero-order chi connectivity index (χ0) is 18.3. The van der Waals surface area contributed by atoms with Gasteiger partial charge in [-0.15, -0.1) is 0 Å². The van der Waals surface area contributed by atoms with Crippen LogP contribution < -0.4 is 9.13 Å². The number of aryl methyl sites for hydroxylation is 6. The average Bonchev–Trinajstić information content (AvgIpc) is 2.52. The molecule has 1 aromatic carbocycles. The quantitative estimate of drug-likeness (QED) is 0.621. The van der Waals surface area contributed by atoms with Crippen molar-refractivity contribution < 1.29 is 9.13 Å². The number of pyridine rings is 2. The van der Waals surface area contributed by atoms with E-state index in [4.69, 9.17) is 0 Å². The summed E-state index contributed by atoms with van der Waals surface area (Å²) in [5.74, 6) is 0. The molecule has 2 nitrogen and oxygen atoms in total. The number of benzene rings is 1. The van der Waals surface area contributed by atoms with Crippen molar-refractivity contribution in [3.63, 3.8) is 0 Å². The lowest BCUT2D eigenvalue weighted by Gasteiger charge is -2.15. The molecular weight excluding hydrogens is 304 g/mol. The zero-order valence-electron chi connectivity index (χ0n) is 16.4. The summed E-state index contributed by atoms with van der Waals surface area (Å²) in [7, 11) is 4.26. The Kier molecular flexibility index (Phi) is 4.47. The molecule has 0 fully saturated rings. The summed E-state index contributed by atoms with van der Waals surface area (Å²) in [5, 5.41) is 0. The van der Waals surface area contributed by atoms with Crippen LogP contribution >= 0.6 is 0 Å². The molecule has 0 radical (unpaired) electrons. The minimum Gasteiger partial charge on any atom is -0.201 e. The van der Waals surface area contributed by atoms with Gasteiger partial charge in [-0.2, -0.15) is 0 Å². The first-order valence-corrected chi connectivity index (χ1v) is 8.83. The topological polar surface area (TPSA) is 7.76 Å². The number of nitrogens with zero attached hydrogens (tertiary/aromatic N) is 2. The molecule has 2 heteroatoms. The SMILES string of the molecule is Cc1cc[n+](C)c(-c2c(C)cc(C)c(-c3ccc(C)c[n+]3C)c2C)c1. The maximum Gasteiger partial charge on any atom is 0.213 e. The van der Waals surface area contributed by atoms with Crippen LogP contribution in [-0.2, 0) is 14.1 Å². The molecule has 2 heterocycles. The summed E-state index contributed by atoms with van der Waals surface area (Å²) < 4.78 is 4.45. The van der Waals surface area contributed by atoms with Crippen LogP contribution in [0, 0.1) is 34.6 Å². The Balaban J connectivity index is 2.34. The minimum atomic E-state index is 1.26. The maximum absolute atomic E-state index is 2.32. The Morgan fingerprint density at radius 2 is 1.28 bits per heavy atom. The number of rotatable bonds is 2. The van der Waals surface area contributed by atoms with Crippen molar-refractivity contribution in [2.24, 2.45) is 14.1 Å². The second-order valence-corrected chi connectivity index (χ2v) is 7.29. The van der Waals surface area contributed by atoms with E-state index in [0.717, 1.165) is 0 Å². The molecule has 3 aromatic rings. The molecule has 0 atom stereocenters. The lowest BCUT2D eigenvalue weighted by atomic mass is 9.89. The van der Waals surface area contributed by atoms with Gasteiger partial charge in [0.2, 0.25) is 11.4 Å². The second kappa shape index (κ2) is 6.44. The van der Waals surface area contributed by atoms with Crippen molar-refractivity contribution in [3.05, 3.63) is 70.5 Å². The first-order valence-electron chi connectivity index (χ1n) is 8.83. The summed E-state index contributed by atoms with van der Waals surface area (Å²) in [6, 6.07) is 11.2. The predicted octanol–water partition coefficient (Wildman–Crippen LogP) is 4.21. The van der Waals surface area contributed by atoms with E-state index in [-0.39, 0.29) is 0 Å². The Hall–Kier alpha value is -2.48. The molecule has 0 aliphatic rings.